The van der Waals surface area contributed by atoms with Crippen LogP contribution in [0.4, 0.5) is 0 Å². The molecule has 2 rings (SSSR count). The maximum Gasteiger partial charge on any atom is 0.256 e. The van der Waals surface area contributed by atoms with Crippen molar-refractivity contribution in [2.75, 3.05) is 19.8 Å². The molecule has 1 aliphatic carbocycles. The summed E-state index contributed by atoms with van der Waals surface area (Å²) >= 11 is 0. The minimum atomic E-state index is -0.161. The predicted octanol–water partition coefficient (Wildman–Crippen LogP) is 1.76. The van der Waals surface area contributed by atoms with Gasteiger partial charge >= 0.3 is 0 Å². The Bertz CT molecular complexity index is 453. The fourth-order valence-corrected chi connectivity index (χ4v) is 2.52. The van der Waals surface area contributed by atoms with E-state index in [0.29, 0.717) is 12.1 Å². The third-order valence-electron chi connectivity index (χ3n) is 4.13. The van der Waals surface area contributed by atoms with Crippen LogP contribution in [0, 0.1) is 5.41 Å². The van der Waals surface area contributed by atoms with Gasteiger partial charge in [0, 0.05) is 12.7 Å². The number of amides is 1. The largest absolute Gasteiger partial charge is 0.475 e. The summed E-state index contributed by atoms with van der Waals surface area (Å²) in [7, 11) is 0. The lowest BCUT2D eigenvalue weighted by atomic mass is 9.67. The number of hydrogen-bond acceptors (Lipinski definition) is 4. The van der Waals surface area contributed by atoms with Crippen molar-refractivity contribution < 1.29 is 14.6 Å². The molecular weight excluding hydrogens is 256 g/mol. The van der Waals surface area contributed by atoms with Crippen LogP contribution in [0.5, 0.6) is 5.88 Å². The van der Waals surface area contributed by atoms with Gasteiger partial charge < -0.3 is 15.2 Å². The van der Waals surface area contributed by atoms with E-state index in [1.54, 1.807) is 18.3 Å². The van der Waals surface area contributed by atoms with Crippen LogP contribution >= 0.6 is 0 Å². The molecule has 0 aliphatic heterocycles. The second kappa shape index (κ2) is 6.70. The van der Waals surface area contributed by atoms with Crippen LogP contribution in [-0.2, 0) is 0 Å². The van der Waals surface area contributed by atoms with E-state index in [2.05, 4.69) is 17.2 Å². The maximum absolute atomic E-state index is 12.2. The highest BCUT2D eigenvalue weighted by atomic mass is 16.5. The van der Waals surface area contributed by atoms with E-state index in [0.717, 1.165) is 6.42 Å². The summed E-state index contributed by atoms with van der Waals surface area (Å²) in [6.45, 7) is 2.91. The normalized spacial score (nSPS) is 16.3. The zero-order chi connectivity index (χ0) is 14.4. The minimum Gasteiger partial charge on any atom is -0.475 e. The van der Waals surface area contributed by atoms with E-state index in [1.807, 2.05) is 0 Å². The van der Waals surface area contributed by atoms with Crippen LogP contribution in [0.3, 0.4) is 0 Å². The lowest BCUT2D eigenvalue weighted by Crippen LogP contribution is -2.41. The Hall–Kier alpha value is -1.62. The summed E-state index contributed by atoms with van der Waals surface area (Å²) in [5.41, 5.74) is 0.704. The Balaban J connectivity index is 1.98. The van der Waals surface area contributed by atoms with E-state index in [-0.39, 0.29) is 30.4 Å². The van der Waals surface area contributed by atoms with Crippen molar-refractivity contribution in [2.24, 2.45) is 5.41 Å². The highest BCUT2D eigenvalue weighted by Gasteiger charge is 2.35. The molecule has 1 fully saturated rings. The number of hydrogen-bond donors (Lipinski definition) is 2. The molecule has 1 aliphatic rings. The number of nitrogens with zero attached hydrogens (tertiary/aromatic N) is 1. The van der Waals surface area contributed by atoms with Crippen molar-refractivity contribution >= 4 is 5.91 Å². The topological polar surface area (TPSA) is 71.5 Å². The summed E-state index contributed by atoms with van der Waals surface area (Å²) in [5, 5.41) is 11.8. The molecule has 1 amide bonds. The van der Waals surface area contributed by atoms with Gasteiger partial charge in [0.1, 0.15) is 12.2 Å². The van der Waals surface area contributed by atoms with Crippen LogP contribution in [0.25, 0.3) is 0 Å². The molecule has 0 bridgehead atoms. The summed E-state index contributed by atoms with van der Waals surface area (Å²) in [4.78, 5) is 16.3. The fourth-order valence-electron chi connectivity index (χ4n) is 2.52. The van der Waals surface area contributed by atoms with Gasteiger partial charge in [-0.1, -0.05) is 13.3 Å². The number of ether oxygens (including phenoxy) is 1. The molecule has 2 N–H and O–H groups in total. The van der Waals surface area contributed by atoms with Crippen molar-refractivity contribution in [3.05, 3.63) is 23.9 Å². The van der Waals surface area contributed by atoms with E-state index >= 15 is 0 Å². The number of aliphatic hydroxyl groups is 1. The molecule has 1 aromatic heterocycles. The Morgan fingerprint density at radius 3 is 2.95 bits per heavy atom. The Kier molecular flexibility index (Phi) is 4.95. The van der Waals surface area contributed by atoms with Gasteiger partial charge in [-0.2, -0.15) is 0 Å². The second-order valence-corrected chi connectivity index (χ2v) is 5.32. The number of pyridine rings is 1. The maximum atomic E-state index is 12.2. The van der Waals surface area contributed by atoms with Crippen LogP contribution in [-0.4, -0.2) is 35.8 Å². The lowest BCUT2D eigenvalue weighted by Gasteiger charge is -2.41. The first-order valence-corrected chi connectivity index (χ1v) is 7.18. The fraction of sp³-hybridized carbons (Fsp3) is 0.600. The van der Waals surface area contributed by atoms with Crippen LogP contribution in [0.2, 0.25) is 0 Å². The molecule has 0 spiro atoms. The number of nitrogens with one attached hydrogen (secondary N) is 1. The van der Waals surface area contributed by atoms with Crippen molar-refractivity contribution in [3.8, 4) is 5.88 Å². The molecule has 0 aromatic carbocycles. The van der Waals surface area contributed by atoms with E-state index < -0.39 is 0 Å². The van der Waals surface area contributed by atoms with Crippen molar-refractivity contribution in [1.82, 2.24) is 10.3 Å². The van der Waals surface area contributed by atoms with Gasteiger partial charge in [0.05, 0.1) is 6.61 Å². The zero-order valence-corrected chi connectivity index (χ0v) is 11.9. The lowest BCUT2D eigenvalue weighted by molar-refractivity contribution is 0.0844. The highest BCUT2D eigenvalue weighted by Crippen LogP contribution is 2.43. The highest BCUT2D eigenvalue weighted by molar-refractivity contribution is 5.96. The number of carbonyl (C=O) groups excluding carboxylic acids is 1. The van der Waals surface area contributed by atoms with Gasteiger partial charge in [-0.3, -0.25) is 4.79 Å². The Labute approximate surface area is 119 Å². The van der Waals surface area contributed by atoms with Crippen molar-refractivity contribution in [1.29, 1.82) is 0 Å². The van der Waals surface area contributed by atoms with Crippen molar-refractivity contribution in [3.63, 3.8) is 0 Å². The van der Waals surface area contributed by atoms with Crippen LogP contribution < -0.4 is 10.1 Å². The smallest absolute Gasteiger partial charge is 0.256 e. The number of aliphatic hydroxyl groups excluding tert-OH is 1. The number of aromatic nitrogens is 1. The predicted molar refractivity (Wildman–Crippen MR) is 75.7 cm³/mol. The van der Waals surface area contributed by atoms with Gasteiger partial charge in [0.25, 0.3) is 5.91 Å². The zero-order valence-electron chi connectivity index (χ0n) is 11.9. The van der Waals surface area contributed by atoms with Gasteiger partial charge in [-0.15, -0.1) is 0 Å². The molecule has 5 nitrogen and oxygen atoms in total. The summed E-state index contributed by atoms with van der Waals surface area (Å²) in [5.74, 6) is 0.115. The molecular formula is C15H22N2O3. The van der Waals surface area contributed by atoms with Gasteiger partial charge in [-0.25, -0.2) is 4.98 Å². The average Bonchev–Trinajstić information content (AvgIpc) is 2.44. The van der Waals surface area contributed by atoms with Crippen LogP contribution in [0.1, 0.15) is 43.0 Å². The molecule has 0 radical (unpaired) electrons. The monoisotopic (exact) mass is 278 g/mol. The quantitative estimate of drug-likeness (QED) is 0.797. The third kappa shape index (κ3) is 3.28. The number of rotatable bonds is 7. The summed E-state index contributed by atoms with van der Waals surface area (Å²) in [6.07, 6.45) is 6.29. The molecule has 0 atom stereocenters. The standard InChI is InChI=1S/C15H22N2O3/c1-2-15(6-4-7-15)11-17-13(19)12-5-3-8-16-14(12)20-10-9-18/h3,5,8,18H,2,4,6-7,9-11H2,1H3,(H,17,19). The first-order valence-electron chi connectivity index (χ1n) is 7.18. The van der Waals surface area contributed by atoms with E-state index in [9.17, 15) is 4.79 Å². The molecule has 0 unspecified atom stereocenters. The average molecular weight is 278 g/mol. The summed E-state index contributed by atoms with van der Waals surface area (Å²) < 4.78 is 5.28. The van der Waals surface area contributed by atoms with E-state index in [4.69, 9.17) is 9.84 Å². The molecule has 20 heavy (non-hydrogen) atoms. The first kappa shape index (κ1) is 14.8. The van der Waals surface area contributed by atoms with Crippen molar-refractivity contribution in [2.45, 2.75) is 32.6 Å². The molecule has 5 heteroatoms. The Morgan fingerprint density at radius 2 is 2.35 bits per heavy atom. The molecule has 0 saturated heterocycles. The summed E-state index contributed by atoms with van der Waals surface area (Å²) in [6, 6.07) is 3.40. The number of carbonyl (C=O) groups is 1. The van der Waals surface area contributed by atoms with Gasteiger partial charge in [0.2, 0.25) is 5.88 Å². The minimum absolute atomic E-state index is 0.101. The third-order valence-corrected chi connectivity index (χ3v) is 4.13. The van der Waals surface area contributed by atoms with E-state index in [1.165, 1.54) is 19.3 Å². The van der Waals surface area contributed by atoms with Crippen LogP contribution in [0.15, 0.2) is 18.3 Å². The van der Waals surface area contributed by atoms with Gasteiger partial charge in [-0.05, 0) is 36.8 Å². The molecule has 1 aromatic rings. The molecule has 1 heterocycles. The first-order chi connectivity index (χ1) is 9.71. The molecule has 1 saturated carbocycles. The van der Waals surface area contributed by atoms with Gasteiger partial charge in [0.15, 0.2) is 0 Å². The SMILES string of the molecule is CCC1(CNC(=O)c2cccnc2OCCO)CCC1. The Morgan fingerprint density at radius 1 is 1.55 bits per heavy atom. The molecule has 110 valence electrons. The second-order valence-electron chi connectivity index (χ2n) is 5.32.